The van der Waals surface area contributed by atoms with E-state index in [0.29, 0.717) is 0 Å². The number of rotatable bonds is 4. The van der Waals surface area contributed by atoms with Crippen molar-refractivity contribution in [1.82, 2.24) is 0 Å². The van der Waals surface area contributed by atoms with Gasteiger partial charge in [0.25, 0.3) is 0 Å². The lowest BCUT2D eigenvalue weighted by Gasteiger charge is -2.12. The molecular weight excluding hydrogens is 285 g/mol. The molecule has 0 saturated carbocycles. The summed E-state index contributed by atoms with van der Waals surface area (Å²) in [5.74, 6) is 0. The summed E-state index contributed by atoms with van der Waals surface area (Å²) >= 11 is 2.29. The van der Waals surface area contributed by atoms with Gasteiger partial charge in [0, 0.05) is 9.61 Å². The molecule has 0 aliphatic carbocycles. The maximum Gasteiger partial charge on any atom is 0.0332 e. The van der Waals surface area contributed by atoms with Crippen molar-refractivity contribution in [2.24, 2.45) is 5.73 Å². The largest absolute Gasteiger partial charge is 0.324 e. The maximum absolute atomic E-state index is 6.06. The molecule has 1 unspecified atom stereocenters. The standard InChI is InChI=1S/C12H16IN/c1-3-9(2)8-12(14)10-4-6-11(13)7-5-10/h4-7,12H,2-3,8,14H2,1H3. The molecule has 0 amide bonds. The van der Waals surface area contributed by atoms with Crippen LogP contribution >= 0.6 is 22.6 Å². The van der Waals surface area contributed by atoms with Crippen molar-refractivity contribution in [3.8, 4) is 0 Å². The van der Waals surface area contributed by atoms with Crippen LogP contribution in [0, 0.1) is 3.57 Å². The number of hydrogen-bond donors (Lipinski definition) is 1. The molecule has 14 heavy (non-hydrogen) atoms. The van der Waals surface area contributed by atoms with Gasteiger partial charge in [-0.05, 0) is 53.1 Å². The van der Waals surface area contributed by atoms with Crippen molar-refractivity contribution in [2.45, 2.75) is 25.8 Å². The summed E-state index contributed by atoms with van der Waals surface area (Å²) in [7, 11) is 0. The van der Waals surface area contributed by atoms with Crippen molar-refractivity contribution in [3.63, 3.8) is 0 Å². The minimum Gasteiger partial charge on any atom is -0.324 e. The molecule has 0 saturated heterocycles. The van der Waals surface area contributed by atoms with Crippen molar-refractivity contribution in [3.05, 3.63) is 45.6 Å². The monoisotopic (exact) mass is 301 g/mol. The molecule has 0 spiro atoms. The van der Waals surface area contributed by atoms with Crippen molar-refractivity contribution in [2.75, 3.05) is 0 Å². The minimum atomic E-state index is 0.0967. The number of benzene rings is 1. The first-order chi connectivity index (χ1) is 6.63. The van der Waals surface area contributed by atoms with Crippen LogP contribution in [-0.4, -0.2) is 0 Å². The molecule has 0 radical (unpaired) electrons. The zero-order chi connectivity index (χ0) is 10.6. The highest BCUT2D eigenvalue weighted by Gasteiger charge is 2.06. The lowest BCUT2D eigenvalue weighted by atomic mass is 9.99. The predicted octanol–water partition coefficient (Wildman–Crippen LogP) is 3.65. The average Bonchev–Trinajstić information content (AvgIpc) is 2.18. The number of nitrogens with two attached hydrogens (primary N) is 1. The summed E-state index contributed by atoms with van der Waals surface area (Å²) in [6.07, 6.45) is 1.90. The van der Waals surface area contributed by atoms with E-state index >= 15 is 0 Å². The predicted molar refractivity (Wildman–Crippen MR) is 70.1 cm³/mol. The highest BCUT2D eigenvalue weighted by Crippen LogP contribution is 2.20. The van der Waals surface area contributed by atoms with Crippen molar-refractivity contribution >= 4 is 22.6 Å². The molecule has 0 fully saturated rings. The van der Waals surface area contributed by atoms with Gasteiger partial charge in [0.2, 0.25) is 0 Å². The first kappa shape index (κ1) is 11.7. The molecule has 1 aromatic carbocycles. The van der Waals surface area contributed by atoms with Crippen molar-refractivity contribution < 1.29 is 0 Å². The van der Waals surface area contributed by atoms with E-state index in [2.05, 4.69) is 60.4 Å². The molecule has 0 heterocycles. The zero-order valence-corrected chi connectivity index (χ0v) is 10.6. The van der Waals surface area contributed by atoms with Crippen LogP contribution in [0.3, 0.4) is 0 Å². The number of hydrogen-bond acceptors (Lipinski definition) is 1. The van der Waals surface area contributed by atoms with Gasteiger partial charge in [-0.2, -0.15) is 0 Å². The molecule has 1 atom stereocenters. The molecular formula is C12H16IN. The highest BCUT2D eigenvalue weighted by atomic mass is 127. The van der Waals surface area contributed by atoms with E-state index in [0.717, 1.165) is 12.8 Å². The topological polar surface area (TPSA) is 26.0 Å². The molecule has 0 bridgehead atoms. The molecule has 1 rings (SSSR count). The lowest BCUT2D eigenvalue weighted by molar-refractivity contribution is 0.701. The summed E-state index contributed by atoms with van der Waals surface area (Å²) in [6, 6.07) is 8.46. The zero-order valence-electron chi connectivity index (χ0n) is 8.46. The Labute approximate surface area is 99.5 Å². The Balaban J connectivity index is 2.65. The second-order valence-electron chi connectivity index (χ2n) is 3.47. The van der Waals surface area contributed by atoms with Crippen LogP contribution in [-0.2, 0) is 0 Å². The van der Waals surface area contributed by atoms with Crippen LogP contribution in [0.1, 0.15) is 31.4 Å². The van der Waals surface area contributed by atoms with E-state index in [1.165, 1.54) is 14.7 Å². The molecule has 76 valence electrons. The van der Waals surface area contributed by atoms with Crippen LogP contribution in [0.25, 0.3) is 0 Å². The second kappa shape index (κ2) is 5.51. The fourth-order valence-electron chi connectivity index (χ4n) is 1.28. The Morgan fingerprint density at radius 3 is 2.50 bits per heavy atom. The Morgan fingerprint density at radius 2 is 2.00 bits per heavy atom. The Kier molecular flexibility index (Phi) is 4.62. The van der Waals surface area contributed by atoms with E-state index in [4.69, 9.17) is 5.73 Å². The fraction of sp³-hybridized carbons (Fsp3) is 0.333. The molecule has 0 aliphatic rings. The van der Waals surface area contributed by atoms with E-state index in [9.17, 15) is 0 Å². The summed E-state index contributed by atoms with van der Waals surface area (Å²) in [4.78, 5) is 0. The maximum atomic E-state index is 6.06. The quantitative estimate of drug-likeness (QED) is 0.667. The van der Waals surface area contributed by atoms with Gasteiger partial charge in [0.15, 0.2) is 0 Å². The number of halogens is 1. The molecule has 1 aromatic rings. The van der Waals surface area contributed by atoms with Crippen LogP contribution in [0.15, 0.2) is 36.4 Å². The van der Waals surface area contributed by atoms with Gasteiger partial charge in [-0.15, -0.1) is 0 Å². The smallest absolute Gasteiger partial charge is 0.0332 e. The first-order valence-electron chi connectivity index (χ1n) is 4.81. The van der Waals surface area contributed by atoms with Gasteiger partial charge < -0.3 is 5.73 Å². The van der Waals surface area contributed by atoms with Gasteiger partial charge in [-0.3, -0.25) is 0 Å². The summed E-state index contributed by atoms with van der Waals surface area (Å²) in [5.41, 5.74) is 8.47. The van der Waals surface area contributed by atoms with Gasteiger partial charge in [-0.25, -0.2) is 0 Å². The highest BCUT2D eigenvalue weighted by molar-refractivity contribution is 14.1. The Hall–Kier alpha value is -0.350. The minimum absolute atomic E-state index is 0.0967. The SMILES string of the molecule is C=C(CC)CC(N)c1ccc(I)cc1. The van der Waals surface area contributed by atoms with Gasteiger partial charge in [-0.1, -0.05) is 31.2 Å². The summed E-state index contributed by atoms with van der Waals surface area (Å²) in [5, 5.41) is 0. The normalized spacial score (nSPS) is 12.5. The van der Waals surface area contributed by atoms with E-state index in [-0.39, 0.29) is 6.04 Å². The first-order valence-corrected chi connectivity index (χ1v) is 5.89. The van der Waals surface area contributed by atoms with Crippen LogP contribution < -0.4 is 5.73 Å². The molecule has 2 heteroatoms. The van der Waals surface area contributed by atoms with Gasteiger partial charge in [0.05, 0.1) is 0 Å². The van der Waals surface area contributed by atoms with Gasteiger partial charge >= 0.3 is 0 Å². The van der Waals surface area contributed by atoms with E-state index in [1.54, 1.807) is 0 Å². The third-order valence-electron chi connectivity index (χ3n) is 2.31. The average molecular weight is 301 g/mol. The van der Waals surface area contributed by atoms with E-state index in [1.807, 2.05) is 0 Å². The summed E-state index contributed by atoms with van der Waals surface area (Å²) in [6.45, 7) is 6.09. The fourth-order valence-corrected chi connectivity index (χ4v) is 1.64. The third kappa shape index (κ3) is 3.42. The third-order valence-corrected chi connectivity index (χ3v) is 3.03. The summed E-state index contributed by atoms with van der Waals surface area (Å²) < 4.78 is 1.24. The Morgan fingerprint density at radius 1 is 1.43 bits per heavy atom. The molecule has 2 N–H and O–H groups in total. The Bertz CT molecular complexity index is 303. The van der Waals surface area contributed by atoms with Crippen molar-refractivity contribution in [1.29, 1.82) is 0 Å². The second-order valence-corrected chi connectivity index (χ2v) is 4.71. The molecule has 1 nitrogen and oxygen atoms in total. The van der Waals surface area contributed by atoms with Crippen LogP contribution in [0.4, 0.5) is 0 Å². The van der Waals surface area contributed by atoms with E-state index < -0.39 is 0 Å². The van der Waals surface area contributed by atoms with Crippen LogP contribution in [0.5, 0.6) is 0 Å². The lowest BCUT2D eigenvalue weighted by Crippen LogP contribution is -2.10. The van der Waals surface area contributed by atoms with Crippen LogP contribution in [0.2, 0.25) is 0 Å². The molecule has 0 aromatic heterocycles. The molecule has 0 aliphatic heterocycles. The van der Waals surface area contributed by atoms with Gasteiger partial charge in [0.1, 0.15) is 0 Å².